The van der Waals surface area contributed by atoms with Crippen LogP contribution in [0.25, 0.3) is 6.08 Å². The van der Waals surface area contributed by atoms with Gasteiger partial charge >= 0.3 is 5.97 Å². The molecule has 1 atom stereocenters. The van der Waals surface area contributed by atoms with Gasteiger partial charge in [-0.2, -0.15) is 0 Å². The first-order valence-electron chi connectivity index (χ1n) is 12.6. The predicted octanol–water partition coefficient (Wildman–Crippen LogP) is 4.37. The van der Waals surface area contributed by atoms with Crippen LogP contribution in [0.3, 0.4) is 0 Å². The molecule has 0 amide bonds. The van der Waals surface area contributed by atoms with Crippen molar-refractivity contribution in [2.24, 2.45) is 4.99 Å². The molecule has 1 aliphatic heterocycles. The van der Waals surface area contributed by atoms with Crippen LogP contribution in [0.2, 0.25) is 0 Å². The van der Waals surface area contributed by atoms with E-state index in [9.17, 15) is 9.59 Å². The maximum atomic E-state index is 14.0. The smallest absolute Gasteiger partial charge is 0.338 e. The largest absolute Gasteiger partial charge is 0.493 e. The maximum Gasteiger partial charge on any atom is 0.338 e. The second kappa shape index (κ2) is 12.6. The third-order valence-electron chi connectivity index (χ3n) is 5.97. The SMILES string of the molecule is C#CCOc1cc(Br)c(/C=c2/sc3n(c2=O)[C@@H](c2ccccc2OC(C)C)C(C(=O)OCC)=C(C)N=3)cc1OC. The first-order valence-corrected chi connectivity index (χ1v) is 14.2. The normalized spacial score (nSPS) is 14.8. The van der Waals surface area contributed by atoms with Gasteiger partial charge in [0.05, 0.1) is 35.6 Å². The number of methoxy groups -OCH3 is 1. The average Bonchev–Trinajstić information content (AvgIpc) is 3.22. The van der Waals surface area contributed by atoms with Crippen LogP contribution in [0.15, 0.2) is 61.9 Å². The standard InChI is InChI=1S/C30H29BrN2O6S/c1-7-13-38-24-16-21(31)19(14-23(24)36-6)15-25-28(34)33-27(20-11-9-10-12-22(20)39-17(3)4)26(29(35)37-8-2)18(5)32-30(33)40-25/h1,9-12,14-17,27H,8,13H2,2-6H3/b25-15+/t27-/m0/s1. The molecule has 1 aliphatic rings. The van der Waals surface area contributed by atoms with Crippen molar-refractivity contribution in [2.75, 3.05) is 20.3 Å². The molecule has 0 unspecified atom stereocenters. The number of hydrogen-bond donors (Lipinski definition) is 0. The molecule has 0 fully saturated rings. The third kappa shape index (κ3) is 5.86. The van der Waals surface area contributed by atoms with Gasteiger partial charge in [0, 0.05) is 10.0 Å². The molecule has 0 N–H and O–H groups in total. The van der Waals surface area contributed by atoms with E-state index in [1.54, 1.807) is 32.1 Å². The van der Waals surface area contributed by atoms with E-state index in [-0.39, 0.29) is 24.9 Å². The summed E-state index contributed by atoms with van der Waals surface area (Å²) in [5, 5.41) is 0. The highest BCUT2D eigenvalue weighted by molar-refractivity contribution is 9.10. The van der Waals surface area contributed by atoms with E-state index < -0.39 is 12.0 Å². The highest BCUT2D eigenvalue weighted by atomic mass is 79.9. The average molecular weight is 626 g/mol. The monoisotopic (exact) mass is 624 g/mol. The number of benzene rings is 2. The van der Waals surface area contributed by atoms with Crippen LogP contribution >= 0.6 is 27.3 Å². The zero-order chi connectivity index (χ0) is 29.0. The molecule has 3 aromatic rings. The number of halogens is 1. The van der Waals surface area contributed by atoms with Gasteiger partial charge in [0.25, 0.3) is 5.56 Å². The van der Waals surface area contributed by atoms with Crippen LogP contribution in [0, 0.1) is 12.3 Å². The number of terminal acetylenes is 1. The lowest BCUT2D eigenvalue weighted by atomic mass is 9.95. The van der Waals surface area contributed by atoms with Gasteiger partial charge in [-0.15, -0.1) is 6.42 Å². The van der Waals surface area contributed by atoms with Crippen LogP contribution < -0.4 is 29.1 Å². The number of aromatic nitrogens is 1. The molecule has 0 radical (unpaired) electrons. The van der Waals surface area contributed by atoms with Crippen molar-refractivity contribution in [2.45, 2.75) is 39.8 Å². The summed E-state index contributed by atoms with van der Waals surface area (Å²) in [7, 11) is 1.53. The van der Waals surface area contributed by atoms with E-state index >= 15 is 0 Å². The van der Waals surface area contributed by atoms with Crippen molar-refractivity contribution in [3.8, 4) is 29.6 Å². The van der Waals surface area contributed by atoms with Crippen molar-refractivity contribution >= 4 is 39.3 Å². The number of hydrogen-bond acceptors (Lipinski definition) is 8. The predicted molar refractivity (Wildman–Crippen MR) is 158 cm³/mol. The summed E-state index contributed by atoms with van der Waals surface area (Å²) < 4.78 is 25.2. The zero-order valence-corrected chi connectivity index (χ0v) is 25.2. The Labute approximate surface area is 244 Å². The van der Waals surface area contributed by atoms with Crippen molar-refractivity contribution in [3.05, 3.63) is 83.0 Å². The number of ether oxygens (including phenoxy) is 4. The number of carbonyl (C=O) groups is 1. The summed E-state index contributed by atoms with van der Waals surface area (Å²) in [5.41, 5.74) is 1.82. The number of allylic oxidation sites excluding steroid dienone is 1. The molecule has 0 saturated carbocycles. The van der Waals surface area contributed by atoms with E-state index in [1.165, 1.54) is 23.0 Å². The van der Waals surface area contributed by atoms with Crippen LogP contribution in [-0.2, 0) is 9.53 Å². The van der Waals surface area contributed by atoms with Gasteiger partial charge in [-0.1, -0.05) is 51.4 Å². The first kappa shape index (κ1) is 29.2. The second-order valence-electron chi connectivity index (χ2n) is 9.02. The molecular formula is C30H29BrN2O6S. The highest BCUT2D eigenvalue weighted by Crippen LogP contribution is 2.37. The lowest BCUT2D eigenvalue weighted by molar-refractivity contribution is -0.139. The molecule has 2 heterocycles. The fraction of sp³-hybridized carbons (Fsp3) is 0.300. The van der Waals surface area contributed by atoms with Crippen molar-refractivity contribution in [3.63, 3.8) is 0 Å². The number of carbonyl (C=O) groups excluding carboxylic acids is 1. The molecule has 4 rings (SSSR count). The minimum atomic E-state index is -0.787. The molecule has 10 heteroatoms. The molecule has 0 bridgehead atoms. The Morgan fingerprint density at radius 3 is 2.67 bits per heavy atom. The fourth-order valence-electron chi connectivity index (χ4n) is 4.35. The molecular weight excluding hydrogens is 596 g/mol. The van der Waals surface area contributed by atoms with Gasteiger partial charge in [-0.05, 0) is 57.5 Å². The molecule has 0 aliphatic carbocycles. The topological polar surface area (TPSA) is 88.4 Å². The number of rotatable bonds is 9. The summed E-state index contributed by atoms with van der Waals surface area (Å²) in [5.74, 6) is 3.42. The Kier molecular flexibility index (Phi) is 9.17. The van der Waals surface area contributed by atoms with Gasteiger partial charge < -0.3 is 18.9 Å². The molecule has 2 aromatic carbocycles. The van der Waals surface area contributed by atoms with Gasteiger partial charge in [-0.25, -0.2) is 9.79 Å². The maximum absolute atomic E-state index is 14.0. The lowest BCUT2D eigenvalue weighted by Gasteiger charge is -2.26. The highest BCUT2D eigenvalue weighted by Gasteiger charge is 2.35. The Hall–Kier alpha value is -3.81. The molecule has 0 spiro atoms. The van der Waals surface area contributed by atoms with E-state index in [2.05, 4.69) is 26.8 Å². The zero-order valence-electron chi connectivity index (χ0n) is 22.8. The summed E-state index contributed by atoms with van der Waals surface area (Å²) in [6, 6.07) is 10.1. The molecule has 1 aromatic heterocycles. The van der Waals surface area contributed by atoms with E-state index in [1.807, 2.05) is 38.1 Å². The number of fused-ring (bicyclic) bond motifs is 1. The van der Waals surface area contributed by atoms with Crippen molar-refractivity contribution in [1.29, 1.82) is 0 Å². The lowest BCUT2D eigenvalue weighted by Crippen LogP contribution is -2.40. The molecule has 8 nitrogen and oxygen atoms in total. The third-order valence-corrected chi connectivity index (χ3v) is 7.64. The van der Waals surface area contributed by atoms with E-state index in [4.69, 9.17) is 25.4 Å². The van der Waals surface area contributed by atoms with Gasteiger partial charge in [-0.3, -0.25) is 9.36 Å². The van der Waals surface area contributed by atoms with Crippen LogP contribution in [0.5, 0.6) is 17.2 Å². The first-order chi connectivity index (χ1) is 19.2. The van der Waals surface area contributed by atoms with Crippen molar-refractivity contribution in [1.82, 2.24) is 4.57 Å². The van der Waals surface area contributed by atoms with Crippen molar-refractivity contribution < 1.29 is 23.7 Å². The van der Waals surface area contributed by atoms with Gasteiger partial charge in [0.1, 0.15) is 18.4 Å². The Balaban J connectivity index is 1.95. The molecule has 40 heavy (non-hydrogen) atoms. The van der Waals surface area contributed by atoms with E-state index in [0.717, 1.165) is 0 Å². The number of esters is 1. The number of thiazole rings is 1. The number of nitrogens with zero attached hydrogens (tertiary/aromatic N) is 2. The van der Waals surface area contributed by atoms with Crippen LogP contribution in [0.4, 0.5) is 0 Å². The Morgan fingerprint density at radius 2 is 2.00 bits per heavy atom. The fourth-order valence-corrected chi connectivity index (χ4v) is 5.82. The quantitative estimate of drug-likeness (QED) is 0.260. The Bertz CT molecular complexity index is 1700. The Morgan fingerprint density at radius 1 is 1.25 bits per heavy atom. The van der Waals surface area contributed by atoms with Gasteiger partial charge in [0.15, 0.2) is 16.3 Å². The molecule has 208 valence electrons. The summed E-state index contributed by atoms with van der Waals surface area (Å²) in [6.07, 6.45) is 6.96. The van der Waals surface area contributed by atoms with Crippen LogP contribution in [0.1, 0.15) is 44.9 Å². The minimum Gasteiger partial charge on any atom is -0.493 e. The van der Waals surface area contributed by atoms with E-state index in [0.29, 0.717) is 53.5 Å². The molecule has 0 saturated heterocycles. The second-order valence-corrected chi connectivity index (χ2v) is 10.9. The number of para-hydroxylation sites is 1. The summed E-state index contributed by atoms with van der Waals surface area (Å²) in [6.45, 7) is 7.61. The van der Waals surface area contributed by atoms with Gasteiger partial charge in [0.2, 0.25) is 0 Å². The van der Waals surface area contributed by atoms with Crippen LogP contribution in [-0.4, -0.2) is 37.0 Å². The summed E-state index contributed by atoms with van der Waals surface area (Å²) >= 11 is 4.79. The summed E-state index contributed by atoms with van der Waals surface area (Å²) in [4.78, 5) is 32.3. The minimum absolute atomic E-state index is 0.0882.